The third kappa shape index (κ3) is 3.10. The van der Waals surface area contributed by atoms with Gasteiger partial charge in [0.25, 0.3) is 5.91 Å². The van der Waals surface area contributed by atoms with Crippen LogP contribution in [-0.2, 0) is 4.79 Å². The Labute approximate surface area is 163 Å². The van der Waals surface area contributed by atoms with Gasteiger partial charge in [0.15, 0.2) is 0 Å². The van der Waals surface area contributed by atoms with Crippen molar-refractivity contribution in [2.75, 3.05) is 24.5 Å². The van der Waals surface area contributed by atoms with Gasteiger partial charge < -0.3 is 15.5 Å². The van der Waals surface area contributed by atoms with E-state index in [9.17, 15) is 14.0 Å². The molecule has 2 N–H and O–H groups in total. The van der Waals surface area contributed by atoms with E-state index < -0.39 is 5.91 Å². The van der Waals surface area contributed by atoms with Gasteiger partial charge in [0, 0.05) is 44.1 Å². The average molecular weight is 382 g/mol. The van der Waals surface area contributed by atoms with Crippen LogP contribution in [0.15, 0.2) is 36.4 Å². The summed E-state index contributed by atoms with van der Waals surface area (Å²) in [5.74, 6) is 0.118. The lowest BCUT2D eigenvalue weighted by Crippen LogP contribution is -2.35. The number of likely N-dealkylation sites (tertiary alicyclic amines) is 1. The van der Waals surface area contributed by atoms with Crippen molar-refractivity contribution >= 4 is 17.6 Å². The first-order valence-corrected chi connectivity index (χ1v) is 9.40. The van der Waals surface area contributed by atoms with Gasteiger partial charge in [0.2, 0.25) is 5.91 Å². The molecule has 146 valence electrons. The van der Waals surface area contributed by atoms with Gasteiger partial charge in [0.1, 0.15) is 11.6 Å². The Morgan fingerprint density at radius 1 is 1.18 bits per heavy atom. The fraction of sp³-hybridized carbons (Fsp3) is 0.381. The lowest BCUT2D eigenvalue weighted by atomic mass is 9.89. The number of carbonyl (C=O) groups excluding carboxylic acids is 2. The van der Waals surface area contributed by atoms with E-state index in [0.717, 1.165) is 11.3 Å². The Morgan fingerprint density at radius 3 is 2.64 bits per heavy atom. The molecule has 0 spiro atoms. The quantitative estimate of drug-likeness (QED) is 0.883. The molecule has 2 saturated heterocycles. The molecule has 2 fully saturated rings. The molecule has 0 bridgehead atoms. The number of nitrogens with zero attached hydrogens (tertiary/aromatic N) is 3. The van der Waals surface area contributed by atoms with E-state index in [1.807, 2.05) is 17.9 Å². The average Bonchev–Trinajstić information content (AvgIpc) is 3.19. The number of aromatic nitrogens is 1. The topological polar surface area (TPSA) is 79.5 Å². The molecule has 28 heavy (non-hydrogen) atoms. The number of anilines is 1. The van der Waals surface area contributed by atoms with Gasteiger partial charge >= 0.3 is 0 Å². The summed E-state index contributed by atoms with van der Waals surface area (Å²) >= 11 is 0. The fourth-order valence-electron chi connectivity index (χ4n) is 4.64. The summed E-state index contributed by atoms with van der Waals surface area (Å²) < 4.78 is 13.8. The molecule has 0 radical (unpaired) electrons. The number of halogens is 1. The van der Waals surface area contributed by atoms with E-state index in [-0.39, 0.29) is 29.6 Å². The van der Waals surface area contributed by atoms with Crippen LogP contribution in [0.4, 0.5) is 10.2 Å². The number of fused-ring (bicyclic) bond motifs is 1. The highest BCUT2D eigenvalue weighted by Crippen LogP contribution is 2.46. The van der Waals surface area contributed by atoms with E-state index >= 15 is 0 Å². The Balaban J connectivity index is 1.68. The van der Waals surface area contributed by atoms with Crippen LogP contribution in [0.5, 0.6) is 0 Å². The molecule has 0 saturated carbocycles. The highest BCUT2D eigenvalue weighted by atomic mass is 19.1. The first kappa shape index (κ1) is 18.4. The molecule has 6 nitrogen and oxygen atoms in total. The number of hydrogen-bond acceptors (Lipinski definition) is 4. The van der Waals surface area contributed by atoms with Gasteiger partial charge in [-0.05, 0) is 36.8 Å². The summed E-state index contributed by atoms with van der Waals surface area (Å²) in [6, 6.07) is 9.75. The van der Waals surface area contributed by atoms with Gasteiger partial charge in [-0.25, -0.2) is 9.37 Å². The van der Waals surface area contributed by atoms with Crippen LogP contribution in [0.3, 0.4) is 0 Å². The number of nitrogens with two attached hydrogens (primary N) is 1. The highest BCUT2D eigenvalue weighted by molar-refractivity contribution is 5.97. The maximum atomic E-state index is 13.8. The number of aryl methyl sites for hydroxylation is 1. The zero-order chi connectivity index (χ0) is 20.0. The van der Waals surface area contributed by atoms with Crippen LogP contribution in [0.2, 0.25) is 0 Å². The first-order chi connectivity index (χ1) is 13.3. The van der Waals surface area contributed by atoms with Crippen molar-refractivity contribution < 1.29 is 14.0 Å². The molecule has 2 aliphatic heterocycles. The minimum Gasteiger partial charge on any atom is -0.365 e. The van der Waals surface area contributed by atoms with Gasteiger partial charge in [-0.2, -0.15) is 0 Å². The van der Waals surface area contributed by atoms with Crippen LogP contribution < -0.4 is 10.6 Å². The molecule has 1 aromatic carbocycles. The fourth-order valence-corrected chi connectivity index (χ4v) is 4.64. The van der Waals surface area contributed by atoms with Crippen molar-refractivity contribution in [3.63, 3.8) is 0 Å². The monoisotopic (exact) mass is 382 g/mol. The first-order valence-electron chi connectivity index (χ1n) is 9.40. The molecular weight excluding hydrogens is 359 g/mol. The Hall–Kier alpha value is -2.96. The van der Waals surface area contributed by atoms with Crippen LogP contribution in [0.1, 0.15) is 34.6 Å². The predicted octanol–water partition coefficient (Wildman–Crippen LogP) is 2.28. The van der Waals surface area contributed by atoms with E-state index in [2.05, 4.69) is 9.88 Å². The Bertz CT molecular complexity index is 948. The highest BCUT2D eigenvalue weighted by Gasteiger charge is 2.49. The number of pyridine rings is 1. The molecule has 2 aliphatic rings. The second-order valence-corrected chi connectivity index (χ2v) is 7.69. The van der Waals surface area contributed by atoms with Gasteiger partial charge in [-0.15, -0.1) is 0 Å². The lowest BCUT2D eigenvalue weighted by Gasteiger charge is -2.30. The van der Waals surface area contributed by atoms with Crippen molar-refractivity contribution in [3.05, 3.63) is 59.0 Å². The van der Waals surface area contributed by atoms with Crippen molar-refractivity contribution in [1.29, 1.82) is 0 Å². The largest absolute Gasteiger partial charge is 0.365 e. The zero-order valence-electron chi connectivity index (χ0n) is 15.9. The standard InChI is InChI=1S/C21H23FN4O2/c1-12-6-7-17(20(23)28)21(24-12)25-9-15-10-26(13(2)27)19(18(15)11-25)14-4-3-5-16(22)8-14/h3-8,15,18-19H,9-11H2,1-2H3,(H2,23,28)/t15-,18-,19+/m1/s1. The summed E-state index contributed by atoms with van der Waals surface area (Å²) in [7, 11) is 0. The molecule has 3 atom stereocenters. The number of amides is 2. The summed E-state index contributed by atoms with van der Waals surface area (Å²) in [5, 5.41) is 0. The zero-order valence-corrected chi connectivity index (χ0v) is 15.9. The van der Waals surface area contributed by atoms with Crippen LogP contribution in [-0.4, -0.2) is 41.3 Å². The van der Waals surface area contributed by atoms with Crippen LogP contribution in [0, 0.1) is 24.6 Å². The Morgan fingerprint density at radius 2 is 1.96 bits per heavy atom. The molecule has 1 aromatic heterocycles. The van der Waals surface area contributed by atoms with E-state index in [4.69, 9.17) is 5.73 Å². The van der Waals surface area contributed by atoms with Crippen molar-refractivity contribution in [1.82, 2.24) is 9.88 Å². The molecule has 0 unspecified atom stereocenters. The van der Waals surface area contributed by atoms with Gasteiger partial charge in [0.05, 0.1) is 11.6 Å². The lowest BCUT2D eigenvalue weighted by molar-refractivity contribution is -0.130. The predicted molar refractivity (Wildman–Crippen MR) is 103 cm³/mol. The van der Waals surface area contributed by atoms with Crippen molar-refractivity contribution in [3.8, 4) is 0 Å². The summed E-state index contributed by atoms with van der Waals surface area (Å²) in [6.07, 6.45) is 0. The molecule has 4 rings (SSSR count). The minimum absolute atomic E-state index is 0.0123. The van der Waals surface area contributed by atoms with E-state index in [0.29, 0.717) is 31.0 Å². The van der Waals surface area contributed by atoms with Crippen LogP contribution >= 0.6 is 0 Å². The summed E-state index contributed by atoms with van der Waals surface area (Å²) in [6.45, 7) is 5.34. The second kappa shape index (κ2) is 6.89. The van der Waals surface area contributed by atoms with E-state index in [1.54, 1.807) is 25.1 Å². The molecular formula is C21H23FN4O2. The maximum Gasteiger partial charge on any atom is 0.252 e. The number of carbonyl (C=O) groups is 2. The molecule has 3 heterocycles. The summed E-state index contributed by atoms with van der Waals surface area (Å²) in [4.78, 5) is 32.6. The molecule has 0 aliphatic carbocycles. The molecule has 2 amide bonds. The number of benzene rings is 1. The van der Waals surface area contributed by atoms with E-state index in [1.165, 1.54) is 12.1 Å². The molecule has 7 heteroatoms. The van der Waals surface area contributed by atoms with Gasteiger partial charge in [-0.3, -0.25) is 9.59 Å². The normalized spacial score (nSPS) is 23.8. The molecule has 2 aromatic rings. The number of primary amides is 1. The summed E-state index contributed by atoms with van der Waals surface area (Å²) in [5.41, 5.74) is 7.56. The third-order valence-corrected chi connectivity index (χ3v) is 5.84. The van der Waals surface area contributed by atoms with Gasteiger partial charge in [-0.1, -0.05) is 12.1 Å². The van der Waals surface area contributed by atoms with Crippen LogP contribution in [0.25, 0.3) is 0 Å². The van der Waals surface area contributed by atoms with Crippen molar-refractivity contribution in [2.24, 2.45) is 17.6 Å². The maximum absolute atomic E-state index is 13.8. The number of hydrogen-bond donors (Lipinski definition) is 1. The number of rotatable bonds is 3. The Kier molecular flexibility index (Phi) is 4.53. The van der Waals surface area contributed by atoms with Crippen molar-refractivity contribution in [2.45, 2.75) is 19.9 Å². The SMILES string of the molecule is CC(=O)N1C[C@H]2CN(c3nc(C)ccc3C(N)=O)C[C@H]2[C@@H]1c1cccc(F)c1. The minimum atomic E-state index is -0.508. The third-order valence-electron chi connectivity index (χ3n) is 5.84. The second-order valence-electron chi connectivity index (χ2n) is 7.69. The smallest absolute Gasteiger partial charge is 0.252 e.